The standard InChI is InChI=1S/C14H17N/c1-11-10-15-9-8-14(11)7-6-12-4-2-3-5-13(12)14/h2-7,11,15H,8-10H2,1H3/t11?,14-/m0/s1. The molecule has 1 fully saturated rings. The molecule has 0 saturated carbocycles. The average Bonchev–Trinajstić information content (AvgIpc) is 2.64. The summed E-state index contributed by atoms with van der Waals surface area (Å²) >= 11 is 0. The largest absolute Gasteiger partial charge is 0.316 e. The van der Waals surface area contributed by atoms with Gasteiger partial charge in [0.15, 0.2) is 0 Å². The Bertz CT molecular complexity index is 408. The molecule has 2 atom stereocenters. The van der Waals surface area contributed by atoms with E-state index in [9.17, 15) is 0 Å². The monoisotopic (exact) mass is 199 g/mol. The van der Waals surface area contributed by atoms with Crippen molar-refractivity contribution in [3.63, 3.8) is 0 Å². The summed E-state index contributed by atoms with van der Waals surface area (Å²) in [5, 5.41) is 3.48. The fourth-order valence-corrected chi connectivity index (χ4v) is 3.08. The summed E-state index contributed by atoms with van der Waals surface area (Å²) in [6, 6.07) is 8.84. The van der Waals surface area contributed by atoms with Crippen LogP contribution in [-0.2, 0) is 5.41 Å². The number of hydrogen-bond donors (Lipinski definition) is 1. The molecule has 1 saturated heterocycles. The number of fused-ring (bicyclic) bond motifs is 2. The molecule has 1 unspecified atom stereocenters. The number of benzene rings is 1. The summed E-state index contributed by atoms with van der Waals surface area (Å²) in [5.74, 6) is 0.700. The molecule has 0 bridgehead atoms. The molecule has 1 heterocycles. The van der Waals surface area contributed by atoms with Crippen LogP contribution in [0.15, 0.2) is 30.3 Å². The molecule has 1 aliphatic heterocycles. The van der Waals surface area contributed by atoms with Crippen LogP contribution in [-0.4, -0.2) is 13.1 Å². The second-order valence-corrected chi connectivity index (χ2v) is 4.82. The fraction of sp³-hybridized carbons (Fsp3) is 0.429. The summed E-state index contributed by atoms with van der Waals surface area (Å²) in [4.78, 5) is 0. The van der Waals surface area contributed by atoms with Crippen LogP contribution in [0.5, 0.6) is 0 Å². The lowest BCUT2D eigenvalue weighted by atomic mass is 9.68. The van der Waals surface area contributed by atoms with Crippen LogP contribution in [0.1, 0.15) is 24.5 Å². The van der Waals surface area contributed by atoms with Gasteiger partial charge in [0.25, 0.3) is 0 Å². The predicted octanol–water partition coefficient (Wildman–Crippen LogP) is 2.58. The third-order valence-corrected chi connectivity index (χ3v) is 4.07. The van der Waals surface area contributed by atoms with Crippen molar-refractivity contribution < 1.29 is 0 Å². The maximum atomic E-state index is 3.48. The van der Waals surface area contributed by atoms with Gasteiger partial charge in [0.2, 0.25) is 0 Å². The third kappa shape index (κ3) is 1.19. The highest BCUT2D eigenvalue weighted by atomic mass is 14.9. The molecule has 15 heavy (non-hydrogen) atoms. The van der Waals surface area contributed by atoms with Crippen molar-refractivity contribution in [1.82, 2.24) is 5.32 Å². The Morgan fingerprint density at radius 1 is 1.33 bits per heavy atom. The van der Waals surface area contributed by atoms with Gasteiger partial charge in [-0.1, -0.05) is 43.3 Å². The van der Waals surface area contributed by atoms with Gasteiger partial charge in [0, 0.05) is 5.41 Å². The number of allylic oxidation sites excluding steroid dienone is 1. The van der Waals surface area contributed by atoms with Gasteiger partial charge >= 0.3 is 0 Å². The van der Waals surface area contributed by atoms with Gasteiger partial charge in [-0.2, -0.15) is 0 Å². The molecule has 1 spiro atoms. The van der Waals surface area contributed by atoms with Gasteiger partial charge in [-0.3, -0.25) is 0 Å². The highest BCUT2D eigenvalue weighted by Crippen LogP contribution is 2.45. The van der Waals surface area contributed by atoms with Crippen molar-refractivity contribution in [2.45, 2.75) is 18.8 Å². The Morgan fingerprint density at radius 2 is 2.20 bits per heavy atom. The molecule has 78 valence electrons. The average molecular weight is 199 g/mol. The first-order valence-corrected chi connectivity index (χ1v) is 5.82. The van der Waals surface area contributed by atoms with Crippen LogP contribution in [0.2, 0.25) is 0 Å². The molecule has 1 N–H and O–H groups in total. The van der Waals surface area contributed by atoms with Crippen molar-refractivity contribution in [1.29, 1.82) is 0 Å². The molecule has 3 rings (SSSR count). The van der Waals surface area contributed by atoms with Crippen LogP contribution < -0.4 is 5.32 Å². The van der Waals surface area contributed by atoms with Crippen molar-refractivity contribution in [2.75, 3.05) is 13.1 Å². The van der Waals surface area contributed by atoms with E-state index in [0.29, 0.717) is 11.3 Å². The quantitative estimate of drug-likeness (QED) is 0.677. The SMILES string of the molecule is CC1CNCC[C@@]12C=Cc1ccccc12. The maximum Gasteiger partial charge on any atom is 0.0191 e. The van der Waals surface area contributed by atoms with E-state index < -0.39 is 0 Å². The molecule has 0 radical (unpaired) electrons. The van der Waals surface area contributed by atoms with Gasteiger partial charge in [0.1, 0.15) is 0 Å². The Balaban J connectivity index is 2.11. The summed E-state index contributed by atoms with van der Waals surface area (Å²) in [7, 11) is 0. The smallest absolute Gasteiger partial charge is 0.0191 e. The Morgan fingerprint density at radius 3 is 3.07 bits per heavy atom. The van der Waals surface area contributed by atoms with Crippen molar-refractivity contribution in [3.8, 4) is 0 Å². The zero-order valence-corrected chi connectivity index (χ0v) is 9.16. The lowest BCUT2D eigenvalue weighted by Crippen LogP contribution is -2.44. The van der Waals surface area contributed by atoms with E-state index in [0.717, 1.165) is 13.1 Å². The van der Waals surface area contributed by atoms with Crippen molar-refractivity contribution in [2.24, 2.45) is 5.92 Å². The Kier molecular flexibility index (Phi) is 1.96. The first-order chi connectivity index (χ1) is 7.33. The Hall–Kier alpha value is -1.08. The van der Waals surface area contributed by atoms with Crippen molar-refractivity contribution >= 4 is 6.08 Å². The zero-order chi connectivity index (χ0) is 10.3. The molecular weight excluding hydrogens is 182 g/mol. The highest BCUT2D eigenvalue weighted by Gasteiger charge is 2.40. The minimum absolute atomic E-state index is 0.321. The molecule has 1 heteroatoms. The molecule has 1 aromatic rings. The third-order valence-electron chi connectivity index (χ3n) is 4.07. The summed E-state index contributed by atoms with van der Waals surface area (Å²) < 4.78 is 0. The van der Waals surface area contributed by atoms with Crippen LogP contribution >= 0.6 is 0 Å². The number of rotatable bonds is 0. The van der Waals surface area contributed by atoms with Gasteiger partial charge in [-0.25, -0.2) is 0 Å². The van der Waals surface area contributed by atoms with Gasteiger partial charge in [-0.15, -0.1) is 0 Å². The first kappa shape index (κ1) is 9.17. The first-order valence-electron chi connectivity index (χ1n) is 5.82. The van der Waals surface area contributed by atoms with Crippen LogP contribution in [0.25, 0.3) is 6.08 Å². The predicted molar refractivity (Wildman–Crippen MR) is 63.8 cm³/mol. The van der Waals surface area contributed by atoms with Crippen LogP contribution in [0, 0.1) is 5.92 Å². The molecule has 1 nitrogen and oxygen atoms in total. The normalized spacial score (nSPS) is 33.3. The minimum Gasteiger partial charge on any atom is -0.316 e. The van der Waals surface area contributed by atoms with E-state index in [2.05, 4.69) is 48.7 Å². The summed E-state index contributed by atoms with van der Waals surface area (Å²) in [5.41, 5.74) is 3.28. The number of hydrogen-bond acceptors (Lipinski definition) is 1. The van der Waals surface area contributed by atoms with Crippen LogP contribution in [0.3, 0.4) is 0 Å². The van der Waals surface area contributed by atoms with Gasteiger partial charge in [0.05, 0.1) is 0 Å². The summed E-state index contributed by atoms with van der Waals surface area (Å²) in [6.07, 6.45) is 5.97. The number of nitrogens with one attached hydrogen (secondary N) is 1. The van der Waals surface area contributed by atoms with E-state index in [1.54, 1.807) is 5.56 Å². The van der Waals surface area contributed by atoms with E-state index in [1.165, 1.54) is 12.0 Å². The molecule has 2 aliphatic rings. The molecule has 1 aromatic carbocycles. The van der Waals surface area contributed by atoms with E-state index in [1.807, 2.05) is 0 Å². The lowest BCUT2D eigenvalue weighted by molar-refractivity contribution is 0.274. The highest BCUT2D eigenvalue weighted by molar-refractivity contribution is 5.65. The molecule has 0 amide bonds. The lowest BCUT2D eigenvalue weighted by Gasteiger charge is -2.40. The van der Waals surface area contributed by atoms with E-state index in [-0.39, 0.29) is 0 Å². The molecular formula is C14H17N. The molecule has 1 aliphatic carbocycles. The molecule has 0 aromatic heterocycles. The van der Waals surface area contributed by atoms with Gasteiger partial charge in [-0.05, 0) is 36.6 Å². The second kappa shape index (κ2) is 3.21. The zero-order valence-electron chi connectivity index (χ0n) is 9.16. The second-order valence-electron chi connectivity index (χ2n) is 4.82. The maximum absolute atomic E-state index is 3.48. The van der Waals surface area contributed by atoms with Gasteiger partial charge < -0.3 is 5.32 Å². The van der Waals surface area contributed by atoms with E-state index >= 15 is 0 Å². The number of piperidine rings is 1. The van der Waals surface area contributed by atoms with Crippen molar-refractivity contribution in [3.05, 3.63) is 41.5 Å². The fourth-order valence-electron chi connectivity index (χ4n) is 3.08. The summed E-state index contributed by atoms with van der Waals surface area (Å²) in [6.45, 7) is 4.64. The van der Waals surface area contributed by atoms with Crippen LogP contribution in [0.4, 0.5) is 0 Å². The minimum atomic E-state index is 0.321. The van der Waals surface area contributed by atoms with E-state index in [4.69, 9.17) is 0 Å². The topological polar surface area (TPSA) is 12.0 Å². The Labute approximate surface area is 91.2 Å².